The third kappa shape index (κ3) is 3.11. The summed E-state index contributed by atoms with van der Waals surface area (Å²) in [5.74, 6) is -0.0762. The van der Waals surface area contributed by atoms with Gasteiger partial charge in [-0.2, -0.15) is 5.10 Å². The number of nitrogen functional groups attached to an aromatic ring is 1. The van der Waals surface area contributed by atoms with E-state index in [1.807, 2.05) is 16.8 Å². The van der Waals surface area contributed by atoms with Crippen LogP contribution in [0.15, 0.2) is 55.4 Å². The van der Waals surface area contributed by atoms with Crippen molar-refractivity contribution in [3.63, 3.8) is 0 Å². The van der Waals surface area contributed by atoms with Crippen LogP contribution in [0.2, 0.25) is 0 Å². The first kappa shape index (κ1) is 19.2. The molecular formula is C23H21FN6O. The fourth-order valence-electron chi connectivity index (χ4n) is 4.39. The number of amides is 1. The first-order valence-electron chi connectivity index (χ1n) is 10.2. The maximum atomic E-state index is 14.4. The van der Waals surface area contributed by atoms with Crippen molar-refractivity contribution in [2.45, 2.75) is 18.9 Å². The molecule has 0 spiro atoms. The fourth-order valence-corrected chi connectivity index (χ4v) is 4.39. The van der Waals surface area contributed by atoms with Crippen LogP contribution in [0.3, 0.4) is 0 Å². The number of benzene rings is 2. The van der Waals surface area contributed by atoms with Crippen molar-refractivity contribution in [1.29, 1.82) is 0 Å². The number of piperidine rings is 1. The molecule has 0 bridgehead atoms. The smallest absolute Gasteiger partial charge is 0.246 e. The molecule has 7 nitrogen and oxygen atoms in total. The van der Waals surface area contributed by atoms with E-state index in [0.717, 1.165) is 23.8 Å². The molecule has 8 heteroatoms. The molecule has 1 aliphatic rings. The normalized spacial score (nSPS) is 16.7. The number of halogens is 1. The number of likely N-dealkylation sites (tertiary alicyclic amines) is 1. The molecule has 3 heterocycles. The SMILES string of the molecule is C=CC(=O)N1CCC[C@@H](n2nc(-c3ccc(F)c4ccccc34)c3c(N)ncnc32)C1. The number of hydrogen-bond donors (Lipinski definition) is 1. The minimum absolute atomic E-state index is 0.0603. The first-order valence-corrected chi connectivity index (χ1v) is 10.2. The highest BCUT2D eigenvalue weighted by molar-refractivity contribution is 6.06. The molecular weight excluding hydrogens is 395 g/mol. The Bertz CT molecular complexity index is 1330. The number of hydrogen-bond acceptors (Lipinski definition) is 5. The third-order valence-corrected chi connectivity index (χ3v) is 5.87. The monoisotopic (exact) mass is 416 g/mol. The van der Waals surface area contributed by atoms with E-state index in [9.17, 15) is 9.18 Å². The third-order valence-electron chi connectivity index (χ3n) is 5.87. The van der Waals surface area contributed by atoms with Crippen LogP contribution >= 0.6 is 0 Å². The summed E-state index contributed by atoms with van der Waals surface area (Å²) in [7, 11) is 0. The number of nitrogens with zero attached hydrogens (tertiary/aromatic N) is 5. The molecule has 4 aromatic rings. The number of aromatic nitrogens is 4. The lowest BCUT2D eigenvalue weighted by atomic mass is 10.0. The molecule has 0 saturated carbocycles. The highest BCUT2D eigenvalue weighted by atomic mass is 19.1. The summed E-state index contributed by atoms with van der Waals surface area (Å²) in [6, 6.07) is 10.4. The van der Waals surface area contributed by atoms with E-state index >= 15 is 0 Å². The van der Waals surface area contributed by atoms with Crippen LogP contribution in [0.1, 0.15) is 18.9 Å². The number of carbonyl (C=O) groups is 1. The van der Waals surface area contributed by atoms with Gasteiger partial charge in [0.05, 0.1) is 11.4 Å². The van der Waals surface area contributed by atoms with E-state index in [-0.39, 0.29) is 17.8 Å². The van der Waals surface area contributed by atoms with E-state index in [1.54, 1.807) is 23.1 Å². The van der Waals surface area contributed by atoms with Crippen LogP contribution < -0.4 is 5.73 Å². The van der Waals surface area contributed by atoms with Gasteiger partial charge in [0.25, 0.3) is 0 Å². The van der Waals surface area contributed by atoms with Crippen LogP contribution in [0, 0.1) is 5.82 Å². The zero-order valence-electron chi connectivity index (χ0n) is 16.8. The maximum Gasteiger partial charge on any atom is 0.246 e. The standard InChI is InChI=1S/C23H21FN6O/c1-2-19(31)29-11-5-6-14(12-29)30-23-20(22(25)26-13-27-23)21(28-30)17-9-10-18(24)16-8-4-3-7-15(16)17/h2-4,7-10,13-14H,1,5-6,11-12H2,(H2,25,26,27)/t14-/m1/s1. The van der Waals surface area contributed by atoms with E-state index in [0.29, 0.717) is 41.0 Å². The molecule has 1 atom stereocenters. The van der Waals surface area contributed by atoms with Gasteiger partial charge in [0.2, 0.25) is 5.91 Å². The van der Waals surface area contributed by atoms with Crippen molar-refractivity contribution in [1.82, 2.24) is 24.6 Å². The molecule has 1 aliphatic heterocycles. The van der Waals surface area contributed by atoms with Gasteiger partial charge in [0.15, 0.2) is 5.65 Å². The summed E-state index contributed by atoms with van der Waals surface area (Å²) >= 11 is 0. The van der Waals surface area contributed by atoms with E-state index in [4.69, 9.17) is 10.8 Å². The second-order valence-corrected chi connectivity index (χ2v) is 7.68. The van der Waals surface area contributed by atoms with E-state index in [1.165, 1.54) is 18.5 Å². The summed E-state index contributed by atoms with van der Waals surface area (Å²) in [6.07, 6.45) is 4.45. The van der Waals surface area contributed by atoms with Crippen LogP contribution in [-0.2, 0) is 4.79 Å². The van der Waals surface area contributed by atoms with Crippen molar-refractivity contribution in [2.75, 3.05) is 18.8 Å². The molecule has 0 radical (unpaired) electrons. The van der Waals surface area contributed by atoms with Gasteiger partial charge in [-0.1, -0.05) is 30.8 Å². The van der Waals surface area contributed by atoms with Gasteiger partial charge in [0, 0.05) is 24.0 Å². The second-order valence-electron chi connectivity index (χ2n) is 7.68. The van der Waals surface area contributed by atoms with Gasteiger partial charge in [-0.3, -0.25) is 4.79 Å². The number of carbonyl (C=O) groups excluding carboxylic acids is 1. The molecule has 0 unspecified atom stereocenters. The predicted molar refractivity (Wildman–Crippen MR) is 118 cm³/mol. The Morgan fingerprint density at radius 1 is 1.19 bits per heavy atom. The molecule has 31 heavy (non-hydrogen) atoms. The van der Waals surface area contributed by atoms with Crippen LogP contribution in [0.4, 0.5) is 10.2 Å². The maximum absolute atomic E-state index is 14.4. The minimum atomic E-state index is -0.293. The number of anilines is 1. The van der Waals surface area contributed by atoms with E-state index in [2.05, 4.69) is 16.5 Å². The topological polar surface area (TPSA) is 89.9 Å². The van der Waals surface area contributed by atoms with Gasteiger partial charge in [-0.05, 0) is 36.4 Å². The molecule has 5 rings (SSSR count). The van der Waals surface area contributed by atoms with Gasteiger partial charge in [-0.25, -0.2) is 19.0 Å². The molecule has 1 fully saturated rings. The lowest BCUT2D eigenvalue weighted by Crippen LogP contribution is -2.40. The lowest BCUT2D eigenvalue weighted by Gasteiger charge is -2.32. The van der Waals surface area contributed by atoms with Gasteiger partial charge >= 0.3 is 0 Å². The van der Waals surface area contributed by atoms with E-state index < -0.39 is 0 Å². The molecule has 2 aromatic carbocycles. The molecule has 1 amide bonds. The molecule has 2 N–H and O–H groups in total. The minimum Gasteiger partial charge on any atom is -0.383 e. The van der Waals surface area contributed by atoms with Crippen molar-refractivity contribution >= 4 is 33.5 Å². The van der Waals surface area contributed by atoms with Crippen molar-refractivity contribution in [2.24, 2.45) is 0 Å². The number of fused-ring (bicyclic) bond motifs is 2. The average Bonchev–Trinajstić information content (AvgIpc) is 3.20. The predicted octanol–water partition coefficient (Wildman–Crippen LogP) is 3.72. The Balaban J connectivity index is 1.71. The number of nitrogens with two attached hydrogens (primary N) is 1. The first-order chi connectivity index (χ1) is 15.1. The summed E-state index contributed by atoms with van der Waals surface area (Å²) < 4.78 is 16.2. The highest BCUT2D eigenvalue weighted by Gasteiger charge is 2.28. The molecule has 156 valence electrons. The Morgan fingerprint density at radius 3 is 2.81 bits per heavy atom. The average molecular weight is 416 g/mol. The lowest BCUT2D eigenvalue weighted by molar-refractivity contribution is -0.127. The fraction of sp³-hybridized carbons (Fsp3) is 0.217. The zero-order chi connectivity index (χ0) is 21.5. The van der Waals surface area contributed by atoms with Crippen molar-refractivity contribution in [3.8, 4) is 11.3 Å². The Kier molecular flexibility index (Phi) is 4.62. The molecule has 0 aliphatic carbocycles. The second kappa shape index (κ2) is 7.46. The van der Waals surface area contributed by atoms with Gasteiger partial charge in [-0.15, -0.1) is 0 Å². The molecule has 2 aromatic heterocycles. The van der Waals surface area contributed by atoms with Gasteiger partial charge < -0.3 is 10.6 Å². The van der Waals surface area contributed by atoms with Crippen LogP contribution in [-0.4, -0.2) is 43.6 Å². The largest absolute Gasteiger partial charge is 0.383 e. The zero-order valence-corrected chi connectivity index (χ0v) is 16.8. The highest BCUT2D eigenvalue weighted by Crippen LogP contribution is 2.37. The Hall–Kier alpha value is -3.81. The van der Waals surface area contributed by atoms with Crippen LogP contribution in [0.5, 0.6) is 0 Å². The summed E-state index contributed by atoms with van der Waals surface area (Å²) in [4.78, 5) is 22.6. The summed E-state index contributed by atoms with van der Waals surface area (Å²) in [5, 5.41) is 6.78. The number of rotatable bonds is 3. The van der Waals surface area contributed by atoms with Crippen LogP contribution in [0.25, 0.3) is 33.1 Å². The Morgan fingerprint density at radius 2 is 2.00 bits per heavy atom. The Labute approximate surface area is 178 Å². The quantitative estimate of drug-likeness (QED) is 0.514. The summed E-state index contributed by atoms with van der Waals surface area (Å²) in [5.41, 5.74) is 8.23. The molecule has 1 saturated heterocycles. The van der Waals surface area contributed by atoms with Crippen molar-refractivity contribution in [3.05, 3.63) is 61.2 Å². The van der Waals surface area contributed by atoms with Crippen molar-refractivity contribution < 1.29 is 9.18 Å². The van der Waals surface area contributed by atoms with Gasteiger partial charge in [0.1, 0.15) is 23.7 Å². The summed E-state index contributed by atoms with van der Waals surface area (Å²) in [6.45, 7) is 4.79.